The van der Waals surface area contributed by atoms with Crippen molar-refractivity contribution in [3.05, 3.63) is 52.0 Å². The van der Waals surface area contributed by atoms with Crippen LogP contribution in [0.1, 0.15) is 41.2 Å². The van der Waals surface area contributed by atoms with E-state index in [0.717, 1.165) is 28.1 Å². The number of hydrogen-bond acceptors (Lipinski definition) is 5. The van der Waals surface area contributed by atoms with E-state index in [1.165, 1.54) is 0 Å². The van der Waals surface area contributed by atoms with Gasteiger partial charge in [0.1, 0.15) is 5.01 Å². The Balaban J connectivity index is 1.66. The molecule has 3 aromatic rings. The molecule has 0 N–H and O–H groups in total. The molecule has 1 aliphatic heterocycles. The van der Waals surface area contributed by atoms with Crippen LogP contribution in [0.2, 0.25) is 5.02 Å². The molecule has 0 saturated carbocycles. The molecule has 5 nitrogen and oxygen atoms in total. The Bertz CT molecular complexity index is 987. The summed E-state index contributed by atoms with van der Waals surface area (Å²) in [5.74, 6) is 0.866. The smallest absolute Gasteiger partial charge is 0.254 e. The second kappa shape index (κ2) is 7.97. The first kappa shape index (κ1) is 19.0. The number of likely N-dealkylation sites (tertiary alicyclic amines) is 1. The molecule has 7 heteroatoms. The second-order valence-electron chi connectivity index (χ2n) is 6.60. The van der Waals surface area contributed by atoms with Crippen molar-refractivity contribution in [1.29, 1.82) is 0 Å². The lowest BCUT2D eigenvalue weighted by molar-refractivity contribution is 0.0735. The number of nitrogens with zero attached hydrogens (tertiary/aromatic N) is 2. The van der Waals surface area contributed by atoms with E-state index in [-0.39, 0.29) is 11.9 Å². The number of aromatic nitrogens is 1. The lowest BCUT2D eigenvalue weighted by Crippen LogP contribution is -2.30. The summed E-state index contributed by atoms with van der Waals surface area (Å²) in [6.45, 7) is 3.05. The van der Waals surface area contributed by atoms with Gasteiger partial charge in [-0.3, -0.25) is 4.79 Å². The molecule has 0 bridgehead atoms. The standard InChI is InChI=1S/C21H21ClN2O3S/c1-3-27-19-14(22)11-13(12-17(19)26-2)21(25)24-10-6-8-16(24)20-23-15-7-4-5-9-18(15)28-20/h4-5,7,9,11-12,16H,3,6,8,10H2,1-2H3. The maximum Gasteiger partial charge on any atom is 0.254 e. The van der Waals surface area contributed by atoms with Crippen molar-refractivity contribution in [1.82, 2.24) is 9.88 Å². The van der Waals surface area contributed by atoms with Gasteiger partial charge in [0, 0.05) is 12.1 Å². The fourth-order valence-corrected chi connectivity index (χ4v) is 4.97. The van der Waals surface area contributed by atoms with Gasteiger partial charge in [-0.1, -0.05) is 23.7 Å². The van der Waals surface area contributed by atoms with E-state index in [2.05, 4.69) is 6.07 Å². The molecule has 2 heterocycles. The second-order valence-corrected chi connectivity index (χ2v) is 8.07. The third kappa shape index (κ3) is 3.42. The Hall–Kier alpha value is -2.31. The maximum absolute atomic E-state index is 13.3. The SMILES string of the molecule is CCOc1c(Cl)cc(C(=O)N2CCCC2c2nc3ccccc3s2)cc1OC. The van der Waals surface area contributed by atoms with Crippen LogP contribution < -0.4 is 9.47 Å². The Labute approximate surface area is 172 Å². The zero-order chi connectivity index (χ0) is 19.7. The van der Waals surface area contributed by atoms with Crippen molar-refractivity contribution in [3.63, 3.8) is 0 Å². The number of hydrogen-bond donors (Lipinski definition) is 0. The molecule has 28 heavy (non-hydrogen) atoms. The summed E-state index contributed by atoms with van der Waals surface area (Å²) < 4.78 is 12.1. The Morgan fingerprint density at radius 1 is 1.36 bits per heavy atom. The topological polar surface area (TPSA) is 51.7 Å². The molecule has 1 fully saturated rings. The summed E-state index contributed by atoms with van der Waals surface area (Å²) in [4.78, 5) is 19.9. The molecule has 1 aromatic heterocycles. The number of thiazole rings is 1. The van der Waals surface area contributed by atoms with Gasteiger partial charge in [-0.2, -0.15) is 0 Å². The van der Waals surface area contributed by atoms with Crippen molar-refractivity contribution in [2.24, 2.45) is 0 Å². The summed E-state index contributed by atoms with van der Waals surface area (Å²) in [7, 11) is 1.54. The van der Waals surface area contributed by atoms with Crippen LogP contribution in [0.25, 0.3) is 10.2 Å². The number of fused-ring (bicyclic) bond motifs is 1. The van der Waals surface area contributed by atoms with E-state index in [0.29, 0.717) is 35.2 Å². The average molecular weight is 417 g/mol. The van der Waals surface area contributed by atoms with Crippen LogP contribution in [0, 0.1) is 0 Å². The summed E-state index contributed by atoms with van der Waals surface area (Å²) >= 11 is 8.02. The Morgan fingerprint density at radius 2 is 2.18 bits per heavy atom. The fourth-order valence-electron chi connectivity index (χ4n) is 3.59. The van der Waals surface area contributed by atoms with Crippen molar-refractivity contribution in [2.45, 2.75) is 25.8 Å². The molecule has 2 aromatic carbocycles. The number of carbonyl (C=O) groups is 1. The van der Waals surface area contributed by atoms with Crippen LogP contribution in [-0.4, -0.2) is 36.1 Å². The number of rotatable bonds is 5. The first-order valence-corrected chi connectivity index (χ1v) is 10.5. The third-order valence-electron chi connectivity index (χ3n) is 4.87. The van der Waals surface area contributed by atoms with Gasteiger partial charge in [0.05, 0.1) is 35.0 Å². The molecule has 0 radical (unpaired) electrons. The maximum atomic E-state index is 13.3. The van der Waals surface area contributed by atoms with E-state index in [1.54, 1.807) is 30.6 Å². The molecule has 1 saturated heterocycles. The van der Waals surface area contributed by atoms with Crippen molar-refractivity contribution >= 4 is 39.1 Å². The summed E-state index contributed by atoms with van der Waals surface area (Å²) in [6, 6.07) is 11.4. The number of benzene rings is 2. The van der Waals surface area contributed by atoms with Crippen LogP contribution in [0.15, 0.2) is 36.4 Å². The van der Waals surface area contributed by atoms with E-state index < -0.39 is 0 Å². The molecule has 0 spiro atoms. The van der Waals surface area contributed by atoms with Gasteiger partial charge in [0.15, 0.2) is 11.5 Å². The summed E-state index contributed by atoms with van der Waals surface area (Å²) in [6.07, 6.45) is 1.86. The molecule has 1 amide bonds. The first-order valence-electron chi connectivity index (χ1n) is 9.29. The zero-order valence-electron chi connectivity index (χ0n) is 15.8. The van der Waals surface area contributed by atoms with Gasteiger partial charge in [0.2, 0.25) is 0 Å². The number of carbonyl (C=O) groups excluding carboxylic acids is 1. The van der Waals surface area contributed by atoms with Gasteiger partial charge in [-0.25, -0.2) is 4.98 Å². The molecular weight excluding hydrogens is 396 g/mol. The quantitative estimate of drug-likeness (QED) is 0.563. The van der Waals surface area contributed by atoms with Crippen molar-refractivity contribution in [2.75, 3.05) is 20.3 Å². The highest BCUT2D eigenvalue weighted by atomic mass is 35.5. The highest BCUT2D eigenvalue weighted by Crippen LogP contribution is 2.40. The normalized spacial score (nSPS) is 16.5. The monoisotopic (exact) mass is 416 g/mol. The number of amides is 1. The predicted octanol–water partition coefficient (Wildman–Crippen LogP) is 5.33. The van der Waals surface area contributed by atoms with Crippen molar-refractivity contribution in [3.8, 4) is 11.5 Å². The molecule has 1 unspecified atom stereocenters. The van der Waals surface area contributed by atoms with E-state index in [1.807, 2.05) is 30.0 Å². The fraction of sp³-hybridized carbons (Fsp3) is 0.333. The van der Waals surface area contributed by atoms with Crippen LogP contribution in [-0.2, 0) is 0 Å². The number of ether oxygens (including phenoxy) is 2. The number of methoxy groups -OCH3 is 1. The minimum Gasteiger partial charge on any atom is -0.493 e. The van der Waals surface area contributed by atoms with E-state index >= 15 is 0 Å². The van der Waals surface area contributed by atoms with Gasteiger partial charge in [0.25, 0.3) is 5.91 Å². The van der Waals surface area contributed by atoms with Gasteiger partial charge >= 0.3 is 0 Å². The lowest BCUT2D eigenvalue weighted by Gasteiger charge is -2.24. The molecule has 1 atom stereocenters. The average Bonchev–Trinajstić information content (AvgIpc) is 3.35. The summed E-state index contributed by atoms with van der Waals surface area (Å²) in [5, 5.41) is 1.36. The summed E-state index contributed by atoms with van der Waals surface area (Å²) in [5.41, 5.74) is 1.48. The number of halogens is 1. The Kier molecular flexibility index (Phi) is 5.42. The minimum atomic E-state index is -0.0648. The van der Waals surface area contributed by atoms with Crippen LogP contribution in [0.4, 0.5) is 0 Å². The van der Waals surface area contributed by atoms with Gasteiger partial charge < -0.3 is 14.4 Å². The van der Waals surface area contributed by atoms with Crippen LogP contribution in [0.3, 0.4) is 0 Å². The van der Waals surface area contributed by atoms with Crippen molar-refractivity contribution < 1.29 is 14.3 Å². The zero-order valence-corrected chi connectivity index (χ0v) is 17.3. The lowest BCUT2D eigenvalue weighted by atomic mass is 10.1. The highest BCUT2D eigenvalue weighted by molar-refractivity contribution is 7.18. The molecule has 146 valence electrons. The van der Waals surface area contributed by atoms with Crippen LogP contribution in [0.5, 0.6) is 11.5 Å². The van der Waals surface area contributed by atoms with Gasteiger partial charge in [-0.15, -0.1) is 11.3 Å². The number of para-hydroxylation sites is 1. The molecule has 4 rings (SSSR count). The largest absolute Gasteiger partial charge is 0.493 e. The van der Waals surface area contributed by atoms with Crippen LogP contribution >= 0.6 is 22.9 Å². The first-order chi connectivity index (χ1) is 13.6. The van der Waals surface area contributed by atoms with Gasteiger partial charge in [-0.05, 0) is 44.0 Å². The predicted molar refractivity (Wildman–Crippen MR) is 112 cm³/mol. The molecular formula is C21H21ClN2O3S. The minimum absolute atomic E-state index is 0.0127. The molecule has 1 aliphatic rings. The van der Waals surface area contributed by atoms with E-state index in [4.69, 9.17) is 26.1 Å². The third-order valence-corrected chi connectivity index (χ3v) is 6.29. The molecule has 0 aliphatic carbocycles. The highest BCUT2D eigenvalue weighted by Gasteiger charge is 2.33. The van der Waals surface area contributed by atoms with E-state index in [9.17, 15) is 4.79 Å². The Morgan fingerprint density at radius 3 is 2.93 bits per heavy atom.